The second-order valence-electron chi connectivity index (χ2n) is 5.53. The highest BCUT2D eigenvalue weighted by atomic mass is 16.5. The normalized spacial score (nSPS) is 14.2. The Hall–Kier alpha value is -2.73. The zero-order chi connectivity index (χ0) is 16.8. The van der Waals surface area contributed by atoms with Crippen LogP contribution in [0.5, 0.6) is 5.75 Å². The molecule has 1 aliphatic rings. The van der Waals surface area contributed by atoms with Gasteiger partial charge in [0.1, 0.15) is 5.75 Å². The average Bonchev–Trinajstić information content (AvgIpc) is 2.62. The molecule has 0 aromatic heterocycles. The van der Waals surface area contributed by atoms with E-state index in [0.717, 1.165) is 18.8 Å². The summed E-state index contributed by atoms with van der Waals surface area (Å²) in [6, 6.07) is 14.8. The van der Waals surface area contributed by atoms with E-state index in [-0.39, 0.29) is 12.5 Å². The van der Waals surface area contributed by atoms with Crippen molar-refractivity contribution in [2.75, 3.05) is 48.9 Å². The van der Waals surface area contributed by atoms with Crippen LogP contribution in [-0.2, 0) is 9.53 Å². The van der Waals surface area contributed by atoms with E-state index in [4.69, 9.17) is 15.2 Å². The SMILES string of the molecule is Nc1ccc(N2CCOCC2)c(NC(=O)COc2ccccc2)c1. The first-order valence-electron chi connectivity index (χ1n) is 7.92. The summed E-state index contributed by atoms with van der Waals surface area (Å²) in [5.74, 6) is 0.438. The van der Waals surface area contributed by atoms with Gasteiger partial charge >= 0.3 is 0 Å². The van der Waals surface area contributed by atoms with Gasteiger partial charge in [-0.05, 0) is 30.3 Å². The van der Waals surface area contributed by atoms with Crippen LogP contribution in [-0.4, -0.2) is 38.8 Å². The van der Waals surface area contributed by atoms with E-state index >= 15 is 0 Å². The van der Waals surface area contributed by atoms with Gasteiger partial charge in [0, 0.05) is 18.8 Å². The van der Waals surface area contributed by atoms with Gasteiger partial charge in [0.15, 0.2) is 6.61 Å². The molecule has 1 heterocycles. The number of ether oxygens (including phenoxy) is 2. The first-order valence-corrected chi connectivity index (χ1v) is 7.92. The van der Waals surface area contributed by atoms with Crippen LogP contribution in [0.2, 0.25) is 0 Å². The summed E-state index contributed by atoms with van der Waals surface area (Å²) in [7, 11) is 0. The molecule has 0 radical (unpaired) electrons. The van der Waals surface area contributed by atoms with Gasteiger partial charge in [-0.25, -0.2) is 0 Å². The van der Waals surface area contributed by atoms with Crippen molar-refractivity contribution in [2.45, 2.75) is 0 Å². The van der Waals surface area contributed by atoms with Crippen molar-refractivity contribution in [2.24, 2.45) is 0 Å². The minimum atomic E-state index is -0.223. The molecule has 2 aromatic rings. The highest BCUT2D eigenvalue weighted by molar-refractivity contribution is 5.96. The zero-order valence-electron chi connectivity index (χ0n) is 13.4. The van der Waals surface area contributed by atoms with Crippen molar-refractivity contribution < 1.29 is 14.3 Å². The van der Waals surface area contributed by atoms with Gasteiger partial charge in [0.2, 0.25) is 0 Å². The summed E-state index contributed by atoms with van der Waals surface area (Å²) in [6.07, 6.45) is 0. The van der Waals surface area contributed by atoms with Crippen molar-refractivity contribution in [1.82, 2.24) is 0 Å². The Morgan fingerprint density at radius 2 is 1.92 bits per heavy atom. The number of benzene rings is 2. The molecule has 0 bridgehead atoms. The number of rotatable bonds is 5. The van der Waals surface area contributed by atoms with E-state index in [0.29, 0.717) is 30.3 Å². The van der Waals surface area contributed by atoms with Crippen LogP contribution in [0, 0.1) is 0 Å². The fourth-order valence-corrected chi connectivity index (χ4v) is 2.59. The van der Waals surface area contributed by atoms with Crippen LogP contribution < -0.4 is 20.7 Å². The maximum atomic E-state index is 12.2. The lowest BCUT2D eigenvalue weighted by molar-refractivity contribution is -0.118. The monoisotopic (exact) mass is 327 g/mol. The lowest BCUT2D eigenvalue weighted by atomic mass is 10.2. The van der Waals surface area contributed by atoms with Gasteiger partial charge in [-0.2, -0.15) is 0 Å². The number of carbonyl (C=O) groups is 1. The highest BCUT2D eigenvalue weighted by Crippen LogP contribution is 2.29. The number of morpholine rings is 1. The summed E-state index contributed by atoms with van der Waals surface area (Å²) >= 11 is 0. The van der Waals surface area contributed by atoms with Crippen LogP contribution in [0.3, 0.4) is 0 Å². The third-order valence-corrected chi connectivity index (χ3v) is 3.76. The summed E-state index contributed by atoms with van der Waals surface area (Å²) in [5.41, 5.74) is 8.11. The Morgan fingerprint density at radius 1 is 1.17 bits per heavy atom. The fourth-order valence-electron chi connectivity index (χ4n) is 2.59. The van der Waals surface area contributed by atoms with Gasteiger partial charge in [-0.1, -0.05) is 18.2 Å². The smallest absolute Gasteiger partial charge is 0.262 e. The van der Waals surface area contributed by atoms with E-state index < -0.39 is 0 Å². The lowest BCUT2D eigenvalue weighted by Gasteiger charge is -2.30. The maximum absolute atomic E-state index is 12.2. The third-order valence-electron chi connectivity index (χ3n) is 3.76. The molecule has 0 saturated carbocycles. The Labute approximate surface area is 141 Å². The summed E-state index contributed by atoms with van der Waals surface area (Å²) < 4.78 is 10.9. The van der Waals surface area contributed by atoms with Crippen molar-refractivity contribution in [3.8, 4) is 5.75 Å². The molecule has 1 fully saturated rings. The molecule has 0 spiro atoms. The van der Waals surface area contributed by atoms with Gasteiger partial charge in [0.05, 0.1) is 24.6 Å². The van der Waals surface area contributed by atoms with Gasteiger partial charge in [-0.15, -0.1) is 0 Å². The second-order valence-corrected chi connectivity index (χ2v) is 5.53. The van der Waals surface area contributed by atoms with Gasteiger partial charge < -0.3 is 25.4 Å². The number of carbonyl (C=O) groups excluding carboxylic acids is 1. The molecular weight excluding hydrogens is 306 g/mol. The number of nitrogens with zero attached hydrogens (tertiary/aromatic N) is 1. The average molecular weight is 327 g/mol. The maximum Gasteiger partial charge on any atom is 0.262 e. The Morgan fingerprint density at radius 3 is 2.67 bits per heavy atom. The predicted octanol–water partition coefficient (Wildman–Crippen LogP) is 2.12. The molecule has 24 heavy (non-hydrogen) atoms. The predicted molar refractivity (Wildman–Crippen MR) is 94.5 cm³/mol. The van der Waals surface area contributed by atoms with Crippen molar-refractivity contribution in [3.05, 3.63) is 48.5 Å². The molecule has 1 amide bonds. The van der Waals surface area contributed by atoms with Gasteiger partial charge in [0.25, 0.3) is 5.91 Å². The molecule has 3 N–H and O–H groups in total. The van der Waals surface area contributed by atoms with E-state index in [1.165, 1.54) is 0 Å². The van der Waals surface area contributed by atoms with Crippen LogP contribution >= 0.6 is 0 Å². The quantitative estimate of drug-likeness (QED) is 0.823. The van der Waals surface area contributed by atoms with E-state index in [9.17, 15) is 4.79 Å². The van der Waals surface area contributed by atoms with Crippen molar-refractivity contribution in [3.63, 3.8) is 0 Å². The molecular formula is C18H21N3O3. The second kappa shape index (κ2) is 7.70. The number of anilines is 3. The van der Waals surface area contributed by atoms with E-state index in [1.54, 1.807) is 6.07 Å². The van der Waals surface area contributed by atoms with E-state index in [1.807, 2.05) is 42.5 Å². The number of amides is 1. The van der Waals surface area contributed by atoms with Crippen LogP contribution in [0.25, 0.3) is 0 Å². The molecule has 3 rings (SSSR count). The number of nitrogens with two attached hydrogens (primary N) is 1. The molecule has 6 nitrogen and oxygen atoms in total. The Balaban J connectivity index is 1.66. The van der Waals surface area contributed by atoms with Crippen LogP contribution in [0.1, 0.15) is 0 Å². The first kappa shape index (κ1) is 16.1. The topological polar surface area (TPSA) is 76.8 Å². The number of nitrogens with one attached hydrogen (secondary N) is 1. The molecule has 1 saturated heterocycles. The molecule has 1 aliphatic heterocycles. The molecule has 0 aliphatic carbocycles. The van der Waals surface area contributed by atoms with E-state index in [2.05, 4.69) is 10.2 Å². The highest BCUT2D eigenvalue weighted by Gasteiger charge is 2.16. The third kappa shape index (κ3) is 4.17. The largest absolute Gasteiger partial charge is 0.484 e. The fraction of sp³-hybridized carbons (Fsp3) is 0.278. The molecule has 0 atom stereocenters. The zero-order valence-corrected chi connectivity index (χ0v) is 13.4. The van der Waals surface area contributed by atoms with Crippen molar-refractivity contribution in [1.29, 1.82) is 0 Å². The summed E-state index contributed by atoms with van der Waals surface area (Å²) in [5, 5.41) is 2.89. The number of nitrogen functional groups attached to an aromatic ring is 1. The summed E-state index contributed by atoms with van der Waals surface area (Å²) in [6.45, 7) is 2.87. The number of hydrogen-bond donors (Lipinski definition) is 2. The van der Waals surface area contributed by atoms with Gasteiger partial charge in [-0.3, -0.25) is 4.79 Å². The Kier molecular flexibility index (Phi) is 5.18. The Bertz CT molecular complexity index is 685. The summed E-state index contributed by atoms with van der Waals surface area (Å²) in [4.78, 5) is 14.4. The number of hydrogen-bond acceptors (Lipinski definition) is 5. The minimum absolute atomic E-state index is 0.0542. The van der Waals surface area contributed by atoms with Crippen LogP contribution in [0.4, 0.5) is 17.1 Å². The van der Waals surface area contributed by atoms with Crippen molar-refractivity contribution >= 4 is 23.0 Å². The standard InChI is InChI=1S/C18H21N3O3/c19-14-6-7-17(21-8-10-23-11-9-21)16(12-14)20-18(22)13-24-15-4-2-1-3-5-15/h1-7,12H,8-11,13,19H2,(H,20,22). The van der Waals surface area contributed by atoms with Crippen LogP contribution in [0.15, 0.2) is 48.5 Å². The lowest BCUT2D eigenvalue weighted by Crippen LogP contribution is -2.37. The molecule has 126 valence electrons. The molecule has 0 unspecified atom stereocenters. The number of para-hydroxylation sites is 1. The first-order chi connectivity index (χ1) is 11.7. The molecule has 6 heteroatoms. The molecule has 2 aromatic carbocycles. The minimum Gasteiger partial charge on any atom is -0.484 e.